The summed E-state index contributed by atoms with van der Waals surface area (Å²) >= 11 is 0. The smallest absolute Gasteiger partial charge is 0.243 e. The highest BCUT2D eigenvalue weighted by atomic mass is 16.2. The van der Waals surface area contributed by atoms with Crippen LogP contribution in [0.3, 0.4) is 0 Å². The summed E-state index contributed by atoms with van der Waals surface area (Å²) in [6, 6.07) is 0.390. The van der Waals surface area contributed by atoms with Crippen LogP contribution in [0.5, 0.6) is 0 Å². The molecule has 0 aromatic rings. The van der Waals surface area contributed by atoms with E-state index in [2.05, 4.69) is 44.8 Å². The number of hydrogen-bond donors (Lipinski definition) is 1. The van der Waals surface area contributed by atoms with E-state index in [4.69, 9.17) is 0 Å². The Bertz CT molecular complexity index is 278. The second-order valence-electron chi connectivity index (χ2n) is 6.29. The summed E-state index contributed by atoms with van der Waals surface area (Å²) in [6.07, 6.45) is 5.12. The molecule has 1 aliphatic heterocycles. The van der Waals surface area contributed by atoms with Crippen molar-refractivity contribution in [2.75, 3.05) is 13.1 Å². The molecule has 1 heterocycles. The summed E-state index contributed by atoms with van der Waals surface area (Å²) in [5.74, 6) is 0.870. The molecule has 1 atom stereocenters. The number of hydrogen-bond acceptors (Lipinski definition) is 2. The lowest BCUT2D eigenvalue weighted by atomic mass is 9.90. The first kappa shape index (κ1) is 16.5. The topological polar surface area (TPSA) is 32.3 Å². The predicted octanol–water partition coefficient (Wildman–Crippen LogP) is 3.19. The molecule has 0 radical (unpaired) electrons. The maximum absolute atomic E-state index is 13.1. The van der Waals surface area contributed by atoms with Crippen LogP contribution in [-0.2, 0) is 4.79 Å². The number of rotatable bonds is 7. The van der Waals surface area contributed by atoms with E-state index in [1.54, 1.807) is 0 Å². The highest BCUT2D eigenvalue weighted by Gasteiger charge is 2.42. The van der Waals surface area contributed by atoms with Gasteiger partial charge in [-0.25, -0.2) is 0 Å². The Morgan fingerprint density at radius 1 is 1.26 bits per heavy atom. The average Bonchev–Trinajstić information content (AvgIpc) is 2.87. The van der Waals surface area contributed by atoms with Crippen LogP contribution in [-0.4, -0.2) is 35.5 Å². The Kier molecular flexibility index (Phi) is 6.31. The molecule has 19 heavy (non-hydrogen) atoms. The highest BCUT2D eigenvalue weighted by molar-refractivity contribution is 5.87. The molecule has 1 saturated heterocycles. The molecule has 1 N–H and O–H groups in total. The Morgan fingerprint density at radius 2 is 1.89 bits per heavy atom. The standard InChI is InChI=1S/C16H32N2O/c1-6-14(7-2)18(12-13(4)5)15(19)16(8-3)10-9-11-17-16/h13-14,17H,6-12H2,1-5H3. The maximum Gasteiger partial charge on any atom is 0.243 e. The van der Waals surface area contributed by atoms with Crippen molar-refractivity contribution in [3.63, 3.8) is 0 Å². The summed E-state index contributed by atoms with van der Waals surface area (Å²) in [4.78, 5) is 15.2. The molecule has 1 unspecified atom stereocenters. The number of amides is 1. The zero-order valence-corrected chi connectivity index (χ0v) is 13.5. The van der Waals surface area contributed by atoms with Crippen LogP contribution in [0.2, 0.25) is 0 Å². The Hall–Kier alpha value is -0.570. The zero-order valence-electron chi connectivity index (χ0n) is 13.5. The van der Waals surface area contributed by atoms with Crippen LogP contribution in [0.4, 0.5) is 0 Å². The number of nitrogens with zero attached hydrogens (tertiary/aromatic N) is 1. The van der Waals surface area contributed by atoms with Crippen LogP contribution in [0.1, 0.15) is 66.7 Å². The molecule has 1 fully saturated rings. The van der Waals surface area contributed by atoms with E-state index < -0.39 is 0 Å². The van der Waals surface area contributed by atoms with Gasteiger partial charge in [-0.1, -0.05) is 34.6 Å². The molecule has 1 rings (SSSR count). The van der Waals surface area contributed by atoms with E-state index >= 15 is 0 Å². The number of carbonyl (C=O) groups excluding carboxylic acids is 1. The highest BCUT2D eigenvalue weighted by Crippen LogP contribution is 2.27. The summed E-state index contributed by atoms with van der Waals surface area (Å²) in [5.41, 5.74) is -0.280. The van der Waals surface area contributed by atoms with Crippen molar-refractivity contribution in [1.82, 2.24) is 10.2 Å². The monoisotopic (exact) mass is 268 g/mol. The van der Waals surface area contributed by atoms with Crippen molar-refractivity contribution in [2.45, 2.75) is 78.3 Å². The molecule has 0 bridgehead atoms. The summed E-state index contributed by atoms with van der Waals surface area (Å²) in [7, 11) is 0. The van der Waals surface area contributed by atoms with Crippen molar-refractivity contribution in [3.8, 4) is 0 Å². The zero-order chi connectivity index (χ0) is 14.5. The third kappa shape index (κ3) is 3.71. The van der Waals surface area contributed by atoms with Gasteiger partial charge in [0.05, 0.1) is 5.54 Å². The largest absolute Gasteiger partial charge is 0.338 e. The van der Waals surface area contributed by atoms with E-state index in [9.17, 15) is 4.79 Å². The van der Waals surface area contributed by atoms with E-state index in [0.717, 1.165) is 45.2 Å². The van der Waals surface area contributed by atoms with Gasteiger partial charge in [0.2, 0.25) is 5.91 Å². The first-order chi connectivity index (χ1) is 9.00. The van der Waals surface area contributed by atoms with Gasteiger partial charge >= 0.3 is 0 Å². The van der Waals surface area contributed by atoms with Gasteiger partial charge in [0.1, 0.15) is 0 Å². The van der Waals surface area contributed by atoms with E-state index in [1.165, 1.54) is 0 Å². The van der Waals surface area contributed by atoms with Crippen molar-refractivity contribution >= 4 is 5.91 Å². The Morgan fingerprint density at radius 3 is 2.26 bits per heavy atom. The minimum absolute atomic E-state index is 0.280. The van der Waals surface area contributed by atoms with Gasteiger partial charge < -0.3 is 10.2 Å². The SMILES string of the molecule is CCC(CC)N(CC(C)C)C(=O)C1(CC)CCCN1. The molecule has 1 amide bonds. The molecule has 3 heteroatoms. The van der Waals surface area contributed by atoms with Crippen molar-refractivity contribution in [2.24, 2.45) is 5.92 Å². The summed E-state index contributed by atoms with van der Waals surface area (Å²) in [5, 5.41) is 3.49. The van der Waals surface area contributed by atoms with Gasteiger partial charge in [-0.15, -0.1) is 0 Å². The van der Waals surface area contributed by atoms with E-state index in [0.29, 0.717) is 17.9 Å². The quantitative estimate of drug-likeness (QED) is 0.769. The fourth-order valence-corrected chi connectivity index (χ4v) is 3.24. The third-order valence-electron chi connectivity index (χ3n) is 4.46. The van der Waals surface area contributed by atoms with Gasteiger partial charge in [-0.2, -0.15) is 0 Å². The lowest BCUT2D eigenvalue weighted by molar-refractivity contribution is -0.141. The number of nitrogens with one attached hydrogen (secondary N) is 1. The lowest BCUT2D eigenvalue weighted by Gasteiger charge is -2.39. The second-order valence-corrected chi connectivity index (χ2v) is 6.29. The van der Waals surface area contributed by atoms with Crippen molar-refractivity contribution in [3.05, 3.63) is 0 Å². The first-order valence-electron chi connectivity index (χ1n) is 8.06. The fourth-order valence-electron chi connectivity index (χ4n) is 3.24. The van der Waals surface area contributed by atoms with E-state index in [-0.39, 0.29) is 5.54 Å². The molecule has 112 valence electrons. The molecule has 0 spiro atoms. The summed E-state index contributed by atoms with van der Waals surface area (Å²) < 4.78 is 0. The second kappa shape index (κ2) is 7.28. The maximum atomic E-state index is 13.1. The fraction of sp³-hybridized carbons (Fsp3) is 0.938. The molecular weight excluding hydrogens is 236 g/mol. The van der Waals surface area contributed by atoms with Gasteiger partial charge in [-0.3, -0.25) is 4.79 Å². The minimum Gasteiger partial charge on any atom is -0.338 e. The van der Waals surface area contributed by atoms with Crippen LogP contribution in [0.25, 0.3) is 0 Å². The molecular formula is C16H32N2O. The van der Waals surface area contributed by atoms with E-state index in [1.807, 2.05) is 0 Å². The molecule has 0 aromatic heterocycles. The average molecular weight is 268 g/mol. The normalized spacial score (nSPS) is 23.3. The lowest BCUT2D eigenvalue weighted by Crippen LogP contribution is -2.57. The predicted molar refractivity (Wildman–Crippen MR) is 81.2 cm³/mol. The number of carbonyl (C=O) groups is 1. The molecule has 0 saturated carbocycles. The summed E-state index contributed by atoms with van der Waals surface area (Å²) in [6.45, 7) is 12.8. The van der Waals surface area contributed by atoms with Gasteiger partial charge in [-0.05, 0) is 44.6 Å². The third-order valence-corrected chi connectivity index (χ3v) is 4.46. The van der Waals surface area contributed by atoms with Crippen LogP contribution in [0.15, 0.2) is 0 Å². The Balaban J connectivity index is 2.92. The molecule has 0 aromatic carbocycles. The van der Waals surface area contributed by atoms with Crippen molar-refractivity contribution < 1.29 is 4.79 Å². The van der Waals surface area contributed by atoms with Gasteiger partial charge in [0, 0.05) is 12.6 Å². The molecule has 0 aliphatic carbocycles. The van der Waals surface area contributed by atoms with Gasteiger partial charge in [0.15, 0.2) is 0 Å². The molecule has 1 aliphatic rings. The van der Waals surface area contributed by atoms with Crippen LogP contribution in [0, 0.1) is 5.92 Å². The van der Waals surface area contributed by atoms with Gasteiger partial charge in [0.25, 0.3) is 0 Å². The van der Waals surface area contributed by atoms with Crippen molar-refractivity contribution in [1.29, 1.82) is 0 Å². The molecule has 3 nitrogen and oxygen atoms in total. The Labute approximate surface area is 119 Å². The first-order valence-corrected chi connectivity index (χ1v) is 8.06. The minimum atomic E-state index is -0.280. The van der Waals surface area contributed by atoms with Crippen LogP contribution < -0.4 is 5.32 Å². The van der Waals surface area contributed by atoms with Crippen LogP contribution >= 0.6 is 0 Å².